The predicted octanol–water partition coefficient (Wildman–Crippen LogP) is -0.00150. The number of likely N-dealkylation sites (tertiary alicyclic amines) is 1. The fraction of sp³-hybridized carbons (Fsp3) is 0.842. The molecule has 1 aromatic rings. The summed E-state index contributed by atoms with van der Waals surface area (Å²) in [5.41, 5.74) is 0. The molecule has 2 saturated heterocycles. The van der Waals surface area contributed by atoms with E-state index in [0.29, 0.717) is 49.5 Å². The van der Waals surface area contributed by atoms with Gasteiger partial charge in [-0.25, -0.2) is 0 Å². The number of fused-ring (bicyclic) bond motifs is 1. The second kappa shape index (κ2) is 8.94. The molecule has 3 unspecified atom stereocenters. The number of tetrazole rings is 1. The number of nitrogens with zero attached hydrogens (tertiary/aromatic N) is 5. The predicted molar refractivity (Wildman–Crippen MR) is 104 cm³/mol. The van der Waals surface area contributed by atoms with Crippen LogP contribution in [0.5, 0.6) is 0 Å². The average Bonchev–Trinajstić information content (AvgIpc) is 3.35. The van der Waals surface area contributed by atoms with Gasteiger partial charge in [0.25, 0.3) is 0 Å². The fourth-order valence-electron chi connectivity index (χ4n) is 5.45. The van der Waals surface area contributed by atoms with Crippen LogP contribution in [-0.4, -0.2) is 86.1 Å². The molecule has 3 heterocycles. The standard InChI is InChI=1S/C19H30N6O5/c1-30-10-17-21-23-25(22-17)14-6-16(19(28)29)24(9-14)8-11-2-3-12-7-20-15(18(26)27)5-13(12)4-11/h11-16,20H,2-10H2,1H3,(H,26,27)(H,28,29)/t11?,12-,13?,14-,15?,16-/m0/s1. The quantitative estimate of drug-likeness (QED) is 0.549. The SMILES string of the molecule is COCc1nnn([C@H]2C[C@@H](C(=O)O)N(CC3CC[C@H]4CNC(C(=O)O)CC4C3)C2)n1. The number of nitrogens with one attached hydrogen (secondary N) is 1. The molecule has 3 fully saturated rings. The number of aliphatic carboxylic acids is 2. The van der Waals surface area contributed by atoms with Gasteiger partial charge < -0.3 is 20.3 Å². The second-order valence-corrected chi connectivity index (χ2v) is 8.89. The summed E-state index contributed by atoms with van der Waals surface area (Å²) in [4.78, 5) is 26.8. The van der Waals surface area contributed by atoms with Crippen molar-refractivity contribution in [1.29, 1.82) is 0 Å². The van der Waals surface area contributed by atoms with Gasteiger partial charge in [-0.05, 0) is 61.6 Å². The number of hydrogen-bond acceptors (Lipinski definition) is 8. The first-order valence-electron chi connectivity index (χ1n) is 10.6. The van der Waals surface area contributed by atoms with Crippen molar-refractivity contribution in [2.24, 2.45) is 17.8 Å². The van der Waals surface area contributed by atoms with Crippen LogP contribution >= 0.6 is 0 Å². The van der Waals surface area contributed by atoms with Crippen molar-refractivity contribution in [2.75, 3.05) is 26.7 Å². The van der Waals surface area contributed by atoms with Crippen molar-refractivity contribution in [3.63, 3.8) is 0 Å². The Morgan fingerprint density at radius 3 is 2.73 bits per heavy atom. The minimum Gasteiger partial charge on any atom is -0.480 e. The minimum atomic E-state index is -0.823. The number of carbonyl (C=O) groups is 2. The molecule has 4 rings (SSSR count). The molecule has 30 heavy (non-hydrogen) atoms. The van der Waals surface area contributed by atoms with Gasteiger partial charge in [-0.2, -0.15) is 4.80 Å². The van der Waals surface area contributed by atoms with Crippen molar-refractivity contribution >= 4 is 11.9 Å². The molecule has 166 valence electrons. The lowest BCUT2D eigenvalue weighted by Crippen LogP contribution is -2.50. The molecular formula is C19H30N6O5. The van der Waals surface area contributed by atoms with E-state index in [1.807, 2.05) is 4.90 Å². The largest absolute Gasteiger partial charge is 0.480 e. The molecule has 3 aliphatic rings. The Morgan fingerprint density at radius 1 is 1.17 bits per heavy atom. The number of rotatable bonds is 7. The summed E-state index contributed by atoms with van der Waals surface area (Å²) in [5, 5.41) is 34.6. The van der Waals surface area contributed by atoms with Crippen molar-refractivity contribution < 1.29 is 24.5 Å². The van der Waals surface area contributed by atoms with Crippen LogP contribution in [0.25, 0.3) is 0 Å². The van der Waals surface area contributed by atoms with Crippen LogP contribution in [0.2, 0.25) is 0 Å². The molecule has 0 bridgehead atoms. The van der Waals surface area contributed by atoms with E-state index in [2.05, 4.69) is 20.7 Å². The van der Waals surface area contributed by atoms with E-state index in [4.69, 9.17) is 4.74 Å². The molecular weight excluding hydrogens is 392 g/mol. The third kappa shape index (κ3) is 4.47. The van der Waals surface area contributed by atoms with Crippen LogP contribution < -0.4 is 5.32 Å². The zero-order valence-corrected chi connectivity index (χ0v) is 17.2. The lowest BCUT2D eigenvalue weighted by atomic mass is 9.69. The molecule has 6 atom stereocenters. The Hall–Kier alpha value is -2.11. The minimum absolute atomic E-state index is 0.129. The number of methoxy groups -OCH3 is 1. The zero-order valence-electron chi connectivity index (χ0n) is 17.2. The molecule has 0 aromatic carbocycles. The molecule has 1 aromatic heterocycles. The molecule has 3 N–H and O–H groups in total. The third-order valence-corrected chi connectivity index (χ3v) is 6.94. The molecule has 1 aliphatic carbocycles. The number of hydrogen-bond donors (Lipinski definition) is 3. The van der Waals surface area contributed by atoms with Crippen LogP contribution in [0.4, 0.5) is 0 Å². The van der Waals surface area contributed by atoms with Crippen LogP contribution in [0.3, 0.4) is 0 Å². The van der Waals surface area contributed by atoms with Gasteiger partial charge in [0, 0.05) is 20.2 Å². The summed E-state index contributed by atoms with van der Waals surface area (Å²) in [6, 6.07) is -1.16. The van der Waals surface area contributed by atoms with E-state index in [-0.39, 0.29) is 12.6 Å². The summed E-state index contributed by atoms with van der Waals surface area (Å²) < 4.78 is 5.03. The second-order valence-electron chi connectivity index (χ2n) is 8.89. The van der Waals surface area contributed by atoms with Gasteiger partial charge in [0.2, 0.25) is 0 Å². The van der Waals surface area contributed by atoms with E-state index in [1.165, 1.54) is 4.80 Å². The number of carboxylic acids is 2. The van der Waals surface area contributed by atoms with Crippen molar-refractivity contribution in [3.8, 4) is 0 Å². The first-order chi connectivity index (χ1) is 14.4. The third-order valence-electron chi connectivity index (χ3n) is 6.94. The van der Waals surface area contributed by atoms with E-state index in [0.717, 1.165) is 25.8 Å². The normalized spacial score (nSPS) is 34.6. The molecule has 0 radical (unpaired) electrons. The highest BCUT2D eigenvalue weighted by molar-refractivity contribution is 5.74. The number of aromatic nitrogens is 4. The Labute approximate surface area is 174 Å². The molecule has 11 nitrogen and oxygen atoms in total. The van der Waals surface area contributed by atoms with Crippen molar-refractivity contribution in [1.82, 2.24) is 30.4 Å². The molecule has 0 spiro atoms. The van der Waals surface area contributed by atoms with Crippen molar-refractivity contribution in [2.45, 2.75) is 56.8 Å². The van der Waals surface area contributed by atoms with Gasteiger partial charge in [-0.15, -0.1) is 10.2 Å². The summed E-state index contributed by atoms with van der Waals surface area (Å²) >= 11 is 0. The van der Waals surface area contributed by atoms with Gasteiger partial charge in [0.15, 0.2) is 5.82 Å². The molecule has 1 saturated carbocycles. The van der Waals surface area contributed by atoms with Gasteiger partial charge >= 0.3 is 11.9 Å². The highest BCUT2D eigenvalue weighted by Gasteiger charge is 2.42. The van der Waals surface area contributed by atoms with E-state index in [1.54, 1.807) is 7.11 Å². The first kappa shape index (κ1) is 21.1. The Kier molecular flexibility index (Phi) is 6.30. The maximum atomic E-state index is 11.9. The average molecular weight is 422 g/mol. The maximum absolute atomic E-state index is 11.9. The Morgan fingerprint density at radius 2 is 2.00 bits per heavy atom. The summed E-state index contributed by atoms with van der Waals surface area (Å²) in [5.74, 6) is 0.179. The lowest BCUT2D eigenvalue weighted by molar-refractivity contribution is -0.143. The number of ether oxygens (including phenoxy) is 1. The molecule has 0 amide bonds. The Balaban J connectivity index is 1.38. The highest BCUT2D eigenvalue weighted by atomic mass is 16.5. The lowest BCUT2D eigenvalue weighted by Gasteiger charge is -2.42. The van der Waals surface area contributed by atoms with Crippen LogP contribution in [0.1, 0.15) is 44.0 Å². The zero-order chi connectivity index (χ0) is 21.3. The van der Waals surface area contributed by atoms with E-state index in [9.17, 15) is 19.8 Å². The van der Waals surface area contributed by atoms with Crippen LogP contribution in [-0.2, 0) is 20.9 Å². The topological polar surface area (TPSA) is 143 Å². The van der Waals surface area contributed by atoms with Gasteiger partial charge in [-0.3, -0.25) is 14.5 Å². The summed E-state index contributed by atoms with van der Waals surface area (Å²) in [6.07, 6.45) is 4.18. The Bertz CT molecular complexity index is 772. The molecule has 2 aliphatic heterocycles. The smallest absolute Gasteiger partial charge is 0.321 e. The fourth-order valence-corrected chi connectivity index (χ4v) is 5.45. The van der Waals surface area contributed by atoms with Gasteiger partial charge in [0.05, 0.1) is 6.04 Å². The van der Waals surface area contributed by atoms with Crippen molar-refractivity contribution in [3.05, 3.63) is 5.82 Å². The van der Waals surface area contributed by atoms with E-state index >= 15 is 0 Å². The number of piperidine rings is 1. The molecule has 11 heteroatoms. The van der Waals surface area contributed by atoms with E-state index < -0.39 is 24.0 Å². The van der Waals surface area contributed by atoms with Crippen LogP contribution in [0.15, 0.2) is 0 Å². The highest BCUT2D eigenvalue weighted by Crippen LogP contribution is 2.40. The first-order valence-corrected chi connectivity index (χ1v) is 10.6. The summed E-state index contributed by atoms with van der Waals surface area (Å²) in [7, 11) is 1.56. The summed E-state index contributed by atoms with van der Waals surface area (Å²) in [6.45, 7) is 2.32. The van der Waals surface area contributed by atoms with Gasteiger partial charge in [0.1, 0.15) is 18.7 Å². The van der Waals surface area contributed by atoms with Gasteiger partial charge in [-0.1, -0.05) is 0 Å². The van der Waals surface area contributed by atoms with Crippen LogP contribution in [0, 0.1) is 17.8 Å². The monoisotopic (exact) mass is 422 g/mol. The number of carboxylic acid groups (broad SMARTS) is 2. The maximum Gasteiger partial charge on any atom is 0.321 e.